The number of Topliss-reactive ketones (excluding diaryl/α,β-unsaturated/α-hetero) is 1. The molecular formula is C18H19NO5S. The van der Waals surface area contributed by atoms with Crippen LogP contribution in [0.4, 0.5) is 0 Å². The van der Waals surface area contributed by atoms with Gasteiger partial charge in [-0.15, -0.1) is 0 Å². The van der Waals surface area contributed by atoms with E-state index in [-0.39, 0.29) is 24.0 Å². The fourth-order valence-electron chi connectivity index (χ4n) is 2.57. The summed E-state index contributed by atoms with van der Waals surface area (Å²) in [5, 5.41) is 0. The third kappa shape index (κ3) is 3.67. The van der Waals surface area contributed by atoms with Crippen molar-refractivity contribution in [1.82, 2.24) is 4.72 Å². The summed E-state index contributed by atoms with van der Waals surface area (Å²) in [7, 11) is -3.73. The maximum absolute atomic E-state index is 12.5. The molecule has 0 atom stereocenters. The van der Waals surface area contributed by atoms with Crippen molar-refractivity contribution in [2.75, 3.05) is 6.79 Å². The van der Waals surface area contributed by atoms with Crippen molar-refractivity contribution >= 4 is 15.8 Å². The number of fused-ring (bicyclic) bond motifs is 1. The Bertz CT molecular complexity index is 921. The minimum absolute atomic E-state index is 0.0784. The highest BCUT2D eigenvalue weighted by atomic mass is 32.2. The number of ether oxygens (including phenoxy) is 2. The molecule has 6 nitrogen and oxygen atoms in total. The minimum Gasteiger partial charge on any atom is -0.454 e. The average molecular weight is 361 g/mol. The van der Waals surface area contributed by atoms with E-state index in [9.17, 15) is 13.2 Å². The Hall–Kier alpha value is -2.38. The molecule has 1 N–H and O–H groups in total. The number of ketones is 1. The second-order valence-corrected chi connectivity index (χ2v) is 7.53. The summed E-state index contributed by atoms with van der Waals surface area (Å²) in [6, 6.07) is 9.85. The van der Waals surface area contributed by atoms with Crippen LogP contribution in [0.2, 0.25) is 0 Å². The number of rotatable bonds is 6. The van der Waals surface area contributed by atoms with Gasteiger partial charge in [-0.25, -0.2) is 13.1 Å². The molecule has 25 heavy (non-hydrogen) atoms. The van der Waals surface area contributed by atoms with E-state index in [1.807, 2.05) is 0 Å². The molecule has 0 saturated carbocycles. The Morgan fingerprint density at radius 2 is 1.88 bits per heavy atom. The smallest absolute Gasteiger partial charge is 0.240 e. The molecule has 0 spiro atoms. The van der Waals surface area contributed by atoms with Crippen LogP contribution < -0.4 is 14.2 Å². The lowest BCUT2D eigenvalue weighted by atomic mass is 10.0. The zero-order valence-corrected chi connectivity index (χ0v) is 14.9. The van der Waals surface area contributed by atoms with Crippen molar-refractivity contribution < 1.29 is 22.7 Å². The molecule has 2 aromatic rings. The van der Waals surface area contributed by atoms with E-state index in [0.717, 1.165) is 11.1 Å². The van der Waals surface area contributed by atoms with Crippen LogP contribution >= 0.6 is 0 Å². The van der Waals surface area contributed by atoms with Gasteiger partial charge in [0.1, 0.15) is 0 Å². The van der Waals surface area contributed by atoms with Gasteiger partial charge in [-0.1, -0.05) is 19.1 Å². The molecule has 0 radical (unpaired) electrons. The van der Waals surface area contributed by atoms with Gasteiger partial charge in [0.15, 0.2) is 17.3 Å². The van der Waals surface area contributed by atoms with E-state index in [0.29, 0.717) is 23.5 Å². The molecule has 0 aliphatic carbocycles. The number of nitrogens with one attached hydrogen (secondary N) is 1. The topological polar surface area (TPSA) is 81.7 Å². The zero-order valence-electron chi connectivity index (χ0n) is 14.0. The van der Waals surface area contributed by atoms with E-state index in [4.69, 9.17) is 9.47 Å². The van der Waals surface area contributed by atoms with Gasteiger partial charge in [-0.2, -0.15) is 0 Å². The molecule has 0 saturated heterocycles. The first-order chi connectivity index (χ1) is 11.9. The number of aryl methyl sites for hydroxylation is 1. The summed E-state index contributed by atoms with van der Waals surface area (Å²) in [6.07, 6.45) is 0.328. The molecule has 1 aliphatic heterocycles. The predicted molar refractivity (Wildman–Crippen MR) is 92.4 cm³/mol. The highest BCUT2D eigenvalue weighted by molar-refractivity contribution is 7.89. The van der Waals surface area contributed by atoms with Crippen LogP contribution in [0.5, 0.6) is 11.5 Å². The Labute approximate surface area is 146 Å². The van der Waals surface area contributed by atoms with Gasteiger partial charge < -0.3 is 9.47 Å². The molecular weight excluding hydrogens is 342 g/mol. The maximum Gasteiger partial charge on any atom is 0.240 e. The molecule has 3 rings (SSSR count). The highest BCUT2D eigenvalue weighted by Gasteiger charge is 2.18. The van der Waals surface area contributed by atoms with E-state index in [2.05, 4.69) is 4.72 Å². The van der Waals surface area contributed by atoms with Gasteiger partial charge >= 0.3 is 0 Å². The van der Waals surface area contributed by atoms with E-state index >= 15 is 0 Å². The standard InChI is InChI=1S/C18H19NO5S/c1-3-16(20)15-9-14(6-4-12(15)2)25(21,22)19-10-13-5-7-17-18(8-13)24-11-23-17/h4-9,19H,3,10-11H2,1-2H3. The lowest BCUT2D eigenvalue weighted by Crippen LogP contribution is -2.23. The number of hydrogen-bond donors (Lipinski definition) is 1. The second-order valence-electron chi connectivity index (χ2n) is 5.77. The second kappa shape index (κ2) is 6.85. The number of carbonyl (C=O) groups excluding carboxylic acids is 1. The number of hydrogen-bond acceptors (Lipinski definition) is 5. The summed E-state index contributed by atoms with van der Waals surface area (Å²) < 4.78 is 38.1. The van der Waals surface area contributed by atoms with Crippen molar-refractivity contribution in [3.8, 4) is 11.5 Å². The summed E-state index contributed by atoms with van der Waals surface area (Å²) in [5.74, 6) is 1.17. The van der Waals surface area contributed by atoms with Crippen molar-refractivity contribution in [3.05, 3.63) is 53.1 Å². The molecule has 7 heteroatoms. The van der Waals surface area contributed by atoms with Crippen LogP contribution in [0.3, 0.4) is 0 Å². The molecule has 0 amide bonds. The third-order valence-corrected chi connectivity index (χ3v) is 5.44. The average Bonchev–Trinajstić information content (AvgIpc) is 3.07. The molecule has 1 aliphatic rings. The lowest BCUT2D eigenvalue weighted by Gasteiger charge is -2.10. The van der Waals surface area contributed by atoms with Crippen LogP contribution in [0.25, 0.3) is 0 Å². The Morgan fingerprint density at radius 3 is 2.64 bits per heavy atom. The van der Waals surface area contributed by atoms with Crippen LogP contribution in [-0.4, -0.2) is 21.0 Å². The van der Waals surface area contributed by atoms with Gasteiger partial charge in [-0.05, 0) is 42.3 Å². The van der Waals surface area contributed by atoms with E-state index < -0.39 is 10.0 Å². The fraction of sp³-hybridized carbons (Fsp3) is 0.278. The summed E-state index contributed by atoms with van der Waals surface area (Å²) in [5.41, 5.74) is 1.96. The first-order valence-electron chi connectivity index (χ1n) is 7.93. The Kier molecular flexibility index (Phi) is 4.78. The van der Waals surface area contributed by atoms with Crippen molar-refractivity contribution in [2.45, 2.75) is 31.7 Å². The molecule has 0 unspecified atom stereocenters. The fourth-order valence-corrected chi connectivity index (χ4v) is 3.62. The molecule has 2 aromatic carbocycles. The lowest BCUT2D eigenvalue weighted by molar-refractivity contribution is 0.0987. The zero-order chi connectivity index (χ0) is 18.0. The quantitative estimate of drug-likeness (QED) is 0.800. The summed E-state index contributed by atoms with van der Waals surface area (Å²) >= 11 is 0. The molecule has 0 aromatic heterocycles. The number of benzene rings is 2. The molecule has 0 bridgehead atoms. The normalized spacial score (nSPS) is 13.0. The van der Waals surface area contributed by atoms with Crippen molar-refractivity contribution in [3.63, 3.8) is 0 Å². The monoisotopic (exact) mass is 361 g/mol. The predicted octanol–water partition coefficient (Wildman–Crippen LogP) is 2.79. The highest BCUT2D eigenvalue weighted by Crippen LogP contribution is 2.32. The minimum atomic E-state index is -3.73. The Balaban J connectivity index is 1.79. The molecule has 132 valence electrons. The van der Waals surface area contributed by atoms with Crippen LogP contribution in [0, 0.1) is 6.92 Å². The number of sulfonamides is 1. The summed E-state index contributed by atoms with van der Waals surface area (Å²) in [6.45, 7) is 3.83. The van der Waals surface area contributed by atoms with Crippen molar-refractivity contribution in [2.24, 2.45) is 0 Å². The van der Waals surface area contributed by atoms with Crippen LogP contribution in [0.15, 0.2) is 41.3 Å². The largest absolute Gasteiger partial charge is 0.454 e. The third-order valence-electron chi connectivity index (χ3n) is 4.04. The van der Waals surface area contributed by atoms with Gasteiger partial charge in [0.25, 0.3) is 0 Å². The molecule has 0 fully saturated rings. The van der Waals surface area contributed by atoms with E-state index in [1.165, 1.54) is 12.1 Å². The van der Waals surface area contributed by atoms with E-state index in [1.54, 1.807) is 38.1 Å². The van der Waals surface area contributed by atoms with Crippen molar-refractivity contribution in [1.29, 1.82) is 0 Å². The van der Waals surface area contributed by atoms with Gasteiger partial charge in [0.05, 0.1) is 4.90 Å². The number of carbonyl (C=O) groups is 1. The molecule has 1 heterocycles. The summed E-state index contributed by atoms with van der Waals surface area (Å²) in [4.78, 5) is 12.0. The first kappa shape index (κ1) is 17.4. The SMILES string of the molecule is CCC(=O)c1cc(S(=O)(=O)NCc2ccc3c(c2)OCO3)ccc1C. The van der Waals surface area contributed by atoms with Crippen LogP contribution in [0.1, 0.15) is 34.8 Å². The van der Waals surface area contributed by atoms with Gasteiger partial charge in [0, 0.05) is 18.5 Å². The first-order valence-corrected chi connectivity index (χ1v) is 9.41. The van der Waals surface area contributed by atoms with Gasteiger partial charge in [0.2, 0.25) is 16.8 Å². The Morgan fingerprint density at radius 1 is 1.12 bits per heavy atom. The van der Waals surface area contributed by atoms with Crippen LogP contribution in [-0.2, 0) is 16.6 Å². The maximum atomic E-state index is 12.5. The van der Waals surface area contributed by atoms with Gasteiger partial charge in [-0.3, -0.25) is 4.79 Å².